The number of halogens is 1. The van der Waals surface area contributed by atoms with Gasteiger partial charge >= 0.3 is 0 Å². The van der Waals surface area contributed by atoms with Crippen LogP contribution in [0.4, 0.5) is 0 Å². The van der Waals surface area contributed by atoms with E-state index in [9.17, 15) is 4.79 Å². The van der Waals surface area contributed by atoms with Crippen LogP contribution < -0.4 is 10.6 Å². The Hall–Kier alpha value is -0.280. The van der Waals surface area contributed by atoms with Gasteiger partial charge in [0.15, 0.2) is 0 Å². The van der Waals surface area contributed by atoms with Crippen molar-refractivity contribution in [1.29, 1.82) is 0 Å². The molecule has 1 aliphatic heterocycles. The summed E-state index contributed by atoms with van der Waals surface area (Å²) in [6, 6.07) is 0.108. The monoisotopic (exact) mass is 246 g/mol. The van der Waals surface area contributed by atoms with Crippen molar-refractivity contribution in [2.45, 2.75) is 51.0 Å². The zero-order valence-electron chi connectivity index (χ0n) is 9.84. The van der Waals surface area contributed by atoms with Crippen molar-refractivity contribution < 1.29 is 4.79 Å². The largest absolute Gasteiger partial charge is 0.355 e. The van der Waals surface area contributed by atoms with Crippen LogP contribution in [-0.4, -0.2) is 25.0 Å². The lowest BCUT2D eigenvalue weighted by Gasteiger charge is -2.27. The van der Waals surface area contributed by atoms with E-state index in [0.717, 1.165) is 25.4 Å². The highest BCUT2D eigenvalue weighted by Gasteiger charge is 2.24. The molecule has 0 spiro atoms. The molecule has 4 heteroatoms. The van der Waals surface area contributed by atoms with Gasteiger partial charge in [-0.25, -0.2) is 0 Å². The first-order chi connectivity index (χ1) is 7.36. The molecule has 0 radical (unpaired) electrons. The van der Waals surface area contributed by atoms with Gasteiger partial charge in [0.25, 0.3) is 0 Å². The van der Waals surface area contributed by atoms with Crippen molar-refractivity contribution in [3.05, 3.63) is 0 Å². The van der Waals surface area contributed by atoms with Crippen LogP contribution in [0.5, 0.6) is 0 Å². The maximum absolute atomic E-state index is 11.5. The van der Waals surface area contributed by atoms with Gasteiger partial charge in [-0.1, -0.05) is 32.1 Å². The van der Waals surface area contributed by atoms with Crippen LogP contribution in [0.3, 0.4) is 0 Å². The van der Waals surface area contributed by atoms with Crippen molar-refractivity contribution in [1.82, 2.24) is 10.6 Å². The van der Waals surface area contributed by atoms with E-state index in [1.807, 2.05) is 0 Å². The molecular formula is C12H23ClN2O. The molecule has 0 aromatic heterocycles. The van der Waals surface area contributed by atoms with Gasteiger partial charge in [-0.15, -0.1) is 12.4 Å². The molecule has 2 rings (SSSR count). The second kappa shape index (κ2) is 7.13. The lowest BCUT2D eigenvalue weighted by Crippen LogP contribution is -2.53. The summed E-state index contributed by atoms with van der Waals surface area (Å²) in [4.78, 5) is 11.5. The van der Waals surface area contributed by atoms with Crippen LogP contribution in [0.15, 0.2) is 0 Å². The van der Waals surface area contributed by atoms with Crippen LogP contribution >= 0.6 is 12.4 Å². The topological polar surface area (TPSA) is 41.1 Å². The number of nitrogens with one attached hydrogen (secondary N) is 2. The fourth-order valence-corrected chi connectivity index (χ4v) is 2.51. The number of carbonyl (C=O) groups excluding carboxylic acids is 1. The lowest BCUT2D eigenvalue weighted by molar-refractivity contribution is -0.124. The molecule has 1 atom stereocenters. The Kier molecular flexibility index (Phi) is 6.14. The Morgan fingerprint density at radius 3 is 2.44 bits per heavy atom. The van der Waals surface area contributed by atoms with E-state index < -0.39 is 0 Å². The molecule has 94 valence electrons. The molecule has 2 fully saturated rings. The number of hydrogen-bond donors (Lipinski definition) is 2. The molecule has 3 nitrogen and oxygen atoms in total. The molecular weight excluding hydrogens is 224 g/mol. The van der Waals surface area contributed by atoms with Gasteiger partial charge in [-0.2, -0.15) is 0 Å². The summed E-state index contributed by atoms with van der Waals surface area (Å²) >= 11 is 0. The molecule has 1 saturated heterocycles. The molecule has 1 aliphatic carbocycles. The zero-order chi connectivity index (χ0) is 10.5. The second-order valence-electron chi connectivity index (χ2n) is 4.88. The SMILES string of the molecule is Cl.O=C(NCCC1CCCCC1)[C@H]1CCN1. The van der Waals surface area contributed by atoms with E-state index in [1.54, 1.807) is 0 Å². The predicted molar refractivity (Wildman–Crippen MR) is 67.9 cm³/mol. The van der Waals surface area contributed by atoms with E-state index in [0.29, 0.717) is 0 Å². The highest BCUT2D eigenvalue weighted by Crippen LogP contribution is 2.25. The fraction of sp³-hybridized carbons (Fsp3) is 0.917. The van der Waals surface area contributed by atoms with Crippen LogP contribution in [0.25, 0.3) is 0 Å². The zero-order valence-corrected chi connectivity index (χ0v) is 10.7. The fourth-order valence-electron chi connectivity index (χ4n) is 2.51. The minimum absolute atomic E-state index is 0. The summed E-state index contributed by atoms with van der Waals surface area (Å²) in [6.45, 7) is 1.88. The van der Waals surface area contributed by atoms with Crippen molar-refractivity contribution in [3.8, 4) is 0 Å². The van der Waals surface area contributed by atoms with Gasteiger partial charge in [0.2, 0.25) is 5.91 Å². The minimum Gasteiger partial charge on any atom is -0.355 e. The van der Waals surface area contributed by atoms with Gasteiger partial charge in [0.05, 0.1) is 6.04 Å². The Bertz CT molecular complexity index is 213. The molecule has 1 saturated carbocycles. The quantitative estimate of drug-likeness (QED) is 0.795. The van der Waals surface area contributed by atoms with Crippen molar-refractivity contribution in [2.75, 3.05) is 13.1 Å². The van der Waals surface area contributed by atoms with E-state index in [4.69, 9.17) is 0 Å². The van der Waals surface area contributed by atoms with Crippen LogP contribution in [0.2, 0.25) is 0 Å². The van der Waals surface area contributed by atoms with Crippen LogP contribution in [-0.2, 0) is 4.79 Å². The summed E-state index contributed by atoms with van der Waals surface area (Å²) in [5.74, 6) is 1.07. The summed E-state index contributed by atoms with van der Waals surface area (Å²) in [7, 11) is 0. The first-order valence-corrected chi connectivity index (χ1v) is 6.37. The molecule has 16 heavy (non-hydrogen) atoms. The van der Waals surface area contributed by atoms with Crippen LogP contribution in [0, 0.1) is 5.92 Å². The summed E-state index contributed by atoms with van der Waals surface area (Å²) in [5, 5.41) is 6.15. The average Bonchev–Trinajstić information content (AvgIpc) is 2.16. The summed E-state index contributed by atoms with van der Waals surface area (Å²) in [6.07, 6.45) is 9.13. The van der Waals surface area contributed by atoms with E-state index in [2.05, 4.69) is 10.6 Å². The van der Waals surface area contributed by atoms with E-state index in [-0.39, 0.29) is 24.4 Å². The first kappa shape index (κ1) is 13.8. The third kappa shape index (κ3) is 3.95. The Morgan fingerprint density at radius 1 is 1.19 bits per heavy atom. The Morgan fingerprint density at radius 2 is 1.88 bits per heavy atom. The summed E-state index contributed by atoms with van der Waals surface area (Å²) < 4.78 is 0. The smallest absolute Gasteiger partial charge is 0.237 e. The van der Waals surface area contributed by atoms with E-state index in [1.165, 1.54) is 38.5 Å². The second-order valence-corrected chi connectivity index (χ2v) is 4.88. The highest BCUT2D eigenvalue weighted by molar-refractivity contribution is 5.85. The maximum atomic E-state index is 11.5. The molecule has 0 unspecified atom stereocenters. The first-order valence-electron chi connectivity index (χ1n) is 6.37. The molecule has 1 heterocycles. The highest BCUT2D eigenvalue weighted by atomic mass is 35.5. The van der Waals surface area contributed by atoms with Crippen molar-refractivity contribution in [2.24, 2.45) is 5.92 Å². The van der Waals surface area contributed by atoms with Gasteiger partial charge in [0, 0.05) is 6.54 Å². The van der Waals surface area contributed by atoms with Crippen LogP contribution in [0.1, 0.15) is 44.9 Å². The predicted octanol–water partition coefficient (Wildman–Crippen LogP) is 1.86. The number of amides is 1. The van der Waals surface area contributed by atoms with Gasteiger partial charge in [0.1, 0.15) is 0 Å². The number of carbonyl (C=O) groups is 1. The standard InChI is InChI=1S/C12H22N2O.ClH/c15-12(11-7-9-13-11)14-8-6-10-4-2-1-3-5-10;/h10-11,13H,1-9H2,(H,14,15);1H/t11-;/m1./s1. The lowest BCUT2D eigenvalue weighted by atomic mass is 9.87. The molecule has 2 N–H and O–H groups in total. The van der Waals surface area contributed by atoms with Crippen molar-refractivity contribution in [3.63, 3.8) is 0 Å². The van der Waals surface area contributed by atoms with Gasteiger partial charge < -0.3 is 10.6 Å². The average molecular weight is 247 g/mol. The van der Waals surface area contributed by atoms with E-state index >= 15 is 0 Å². The number of rotatable bonds is 4. The Balaban J connectivity index is 0.00000128. The summed E-state index contributed by atoms with van der Waals surface area (Å²) in [5.41, 5.74) is 0. The maximum Gasteiger partial charge on any atom is 0.237 e. The van der Waals surface area contributed by atoms with Gasteiger partial charge in [-0.3, -0.25) is 4.79 Å². The molecule has 0 aromatic carbocycles. The van der Waals surface area contributed by atoms with Gasteiger partial charge in [-0.05, 0) is 25.3 Å². The molecule has 0 aromatic rings. The third-order valence-electron chi connectivity index (χ3n) is 3.72. The Labute approximate surface area is 104 Å². The minimum atomic E-state index is 0. The normalized spacial score (nSPS) is 25.4. The van der Waals surface area contributed by atoms with Crippen molar-refractivity contribution >= 4 is 18.3 Å². The molecule has 1 amide bonds. The molecule has 2 aliphatic rings. The third-order valence-corrected chi connectivity index (χ3v) is 3.72. The number of hydrogen-bond acceptors (Lipinski definition) is 2. The molecule has 0 bridgehead atoms.